The lowest BCUT2D eigenvalue weighted by Gasteiger charge is -2.26. The number of quaternary nitrogens is 1. The Morgan fingerprint density at radius 3 is 2.19 bits per heavy atom. The summed E-state index contributed by atoms with van der Waals surface area (Å²) in [5, 5.41) is 9.86. The van der Waals surface area contributed by atoms with E-state index < -0.39 is 18.2 Å². The van der Waals surface area contributed by atoms with E-state index in [9.17, 15) is 9.90 Å². The van der Waals surface area contributed by atoms with Gasteiger partial charge < -0.3 is 14.6 Å². The maximum atomic E-state index is 12.7. The van der Waals surface area contributed by atoms with Crippen LogP contribution in [0.15, 0.2) is 78.9 Å². The van der Waals surface area contributed by atoms with Gasteiger partial charge in [-0.1, -0.05) is 42.5 Å². The number of carbonyl (C=O) groups is 1. The molecule has 4 rings (SSSR count). The molecule has 0 radical (unpaired) electrons. The van der Waals surface area contributed by atoms with Gasteiger partial charge in [0.15, 0.2) is 6.10 Å². The van der Waals surface area contributed by atoms with E-state index in [1.165, 1.54) is 0 Å². The van der Waals surface area contributed by atoms with Crippen molar-refractivity contribution in [2.24, 2.45) is 0 Å². The Balaban J connectivity index is 1.56. The number of hydrogen-bond acceptors (Lipinski definition) is 4. The number of carbonyl (C=O) groups excluding carboxylic acids is 1. The molecule has 0 saturated carbocycles. The van der Waals surface area contributed by atoms with Gasteiger partial charge in [-0.2, -0.15) is 0 Å². The minimum Gasteiger partial charge on any atom is -0.489 e. The van der Waals surface area contributed by atoms with Gasteiger partial charge in [-0.05, 0) is 35.4 Å². The summed E-state index contributed by atoms with van der Waals surface area (Å²) >= 11 is 0. The highest BCUT2D eigenvalue weighted by Crippen LogP contribution is 2.38. The molecule has 1 saturated heterocycles. The molecule has 1 amide bonds. The van der Waals surface area contributed by atoms with Gasteiger partial charge in [-0.3, -0.25) is 9.38 Å². The Labute approximate surface area is 188 Å². The quantitative estimate of drug-likeness (QED) is 0.557. The third-order valence-corrected chi connectivity index (χ3v) is 5.63. The van der Waals surface area contributed by atoms with Crippen LogP contribution >= 0.6 is 0 Å². The Kier molecular flexibility index (Phi) is 6.17. The molecule has 6 nitrogen and oxygen atoms in total. The van der Waals surface area contributed by atoms with Crippen LogP contribution in [0.3, 0.4) is 0 Å². The van der Waals surface area contributed by atoms with Crippen LogP contribution in [0.2, 0.25) is 0 Å². The predicted octanol–water partition coefficient (Wildman–Crippen LogP) is 4.52. The molecule has 32 heavy (non-hydrogen) atoms. The second-order valence-electron chi connectivity index (χ2n) is 8.79. The van der Waals surface area contributed by atoms with Crippen molar-refractivity contribution in [3.8, 4) is 5.75 Å². The second kappa shape index (κ2) is 9.02. The summed E-state index contributed by atoms with van der Waals surface area (Å²) in [5.74, 6) is 0.738. The van der Waals surface area contributed by atoms with Gasteiger partial charge >= 0.3 is 6.09 Å². The van der Waals surface area contributed by atoms with Gasteiger partial charge in [-0.15, -0.1) is 0 Å². The number of benzene rings is 3. The maximum Gasteiger partial charge on any atom is 0.415 e. The van der Waals surface area contributed by atoms with E-state index in [1.54, 1.807) is 4.90 Å². The van der Waals surface area contributed by atoms with Crippen molar-refractivity contribution in [1.82, 2.24) is 4.48 Å². The maximum absolute atomic E-state index is 12.7. The van der Waals surface area contributed by atoms with Crippen LogP contribution < -0.4 is 14.1 Å². The first-order valence-corrected chi connectivity index (χ1v) is 10.7. The highest BCUT2D eigenvalue weighted by atomic mass is 16.6. The normalized spacial score (nSPS) is 18.5. The number of nitrogens with zero attached hydrogens (tertiary/aromatic N) is 2. The van der Waals surface area contributed by atoms with Crippen LogP contribution in [0.1, 0.15) is 17.2 Å². The third-order valence-electron chi connectivity index (χ3n) is 5.63. The first-order valence-electron chi connectivity index (χ1n) is 10.7. The lowest BCUT2D eigenvalue weighted by Crippen LogP contribution is -2.35. The van der Waals surface area contributed by atoms with Gasteiger partial charge in [0.2, 0.25) is 0 Å². The van der Waals surface area contributed by atoms with E-state index in [-0.39, 0.29) is 6.61 Å². The van der Waals surface area contributed by atoms with E-state index in [2.05, 4.69) is 21.1 Å². The predicted molar refractivity (Wildman–Crippen MR) is 126 cm³/mol. The van der Waals surface area contributed by atoms with E-state index in [0.717, 1.165) is 28.3 Å². The standard InChI is InChI=1S/C26H29N2O4/c1-28(2,3)22-13-11-21(12-14-22)27-25(24(17-29)32-26(27)30)20-9-15-23(16-10-20)31-18-19-7-5-4-6-8-19/h4-16,24-25,29H,17-18H2,1-3H3/q+1. The molecule has 166 valence electrons. The number of aliphatic hydroxyl groups excluding tert-OH is 1. The Hall–Kier alpha value is -3.35. The van der Waals surface area contributed by atoms with Crippen molar-refractivity contribution < 1.29 is 19.4 Å². The fraction of sp³-hybridized carbons (Fsp3) is 0.269. The average molecular weight is 434 g/mol. The number of ether oxygens (including phenoxy) is 2. The molecule has 3 aromatic carbocycles. The summed E-state index contributed by atoms with van der Waals surface area (Å²) in [7, 11) is 6.27. The number of anilines is 1. The molecule has 0 spiro atoms. The SMILES string of the molecule is C[N+](C)(C)c1ccc(N2C(=O)OC(CO)C2c2ccc(OCc3ccccc3)cc2)cc1. The van der Waals surface area contributed by atoms with E-state index >= 15 is 0 Å². The highest BCUT2D eigenvalue weighted by Gasteiger charge is 2.43. The van der Waals surface area contributed by atoms with Crippen LogP contribution in [0.25, 0.3) is 0 Å². The van der Waals surface area contributed by atoms with Crippen LogP contribution in [0, 0.1) is 0 Å². The fourth-order valence-corrected chi connectivity index (χ4v) is 3.86. The minimum atomic E-state index is -0.642. The molecule has 2 unspecified atom stereocenters. The largest absolute Gasteiger partial charge is 0.489 e. The lowest BCUT2D eigenvalue weighted by atomic mass is 10.0. The summed E-state index contributed by atoms with van der Waals surface area (Å²) in [6, 6.07) is 25.0. The van der Waals surface area contributed by atoms with E-state index in [1.807, 2.05) is 78.9 Å². The topological polar surface area (TPSA) is 59.0 Å². The van der Waals surface area contributed by atoms with Gasteiger partial charge in [0.05, 0.1) is 27.7 Å². The van der Waals surface area contributed by atoms with E-state index in [0.29, 0.717) is 11.1 Å². The molecule has 1 aliphatic rings. The summed E-state index contributed by atoms with van der Waals surface area (Å²) in [5.41, 5.74) is 3.82. The molecular weight excluding hydrogens is 404 g/mol. The Bertz CT molecular complexity index is 1040. The van der Waals surface area contributed by atoms with Crippen molar-refractivity contribution >= 4 is 17.5 Å². The summed E-state index contributed by atoms with van der Waals surface area (Å²) in [6.07, 6.45) is -1.10. The van der Waals surface area contributed by atoms with Crippen LogP contribution in [0.5, 0.6) is 5.75 Å². The van der Waals surface area contributed by atoms with E-state index in [4.69, 9.17) is 9.47 Å². The number of cyclic esters (lactones) is 1. The number of rotatable bonds is 7. The first-order chi connectivity index (χ1) is 15.4. The third kappa shape index (κ3) is 4.61. The van der Waals surface area contributed by atoms with Crippen molar-refractivity contribution in [3.05, 3.63) is 90.0 Å². The van der Waals surface area contributed by atoms with Crippen molar-refractivity contribution in [3.63, 3.8) is 0 Å². The fourth-order valence-electron chi connectivity index (χ4n) is 3.86. The summed E-state index contributed by atoms with van der Waals surface area (Å²) in [4.78, 5) is 14.3. The second-order valence-corrected chi connectivity index (χ2v) is 8.79. The Morgan fingerprint density at radius 2 is 1.59 bits per heavy atom. The summed E-state index contributed by atoms with van der Waals surface area (Å²) in [6.45, 7) is 0.228. The monoisotopic (exact) mass is 433 g/mol. The molecule has 1 aliphatic heterocycles. The van der Waals surface area contributed by atoms with Crippen molar-refractivity contribution in [2.45, 2.75) is 18.8 Å². The molecular formula is C26H29N2O4+. The number of amides is 1. The molecule has 1 heterocycles. The first kappa shape index (κ1) is 21.9. The smallest absolute Gasteiger partial charge is 0.415 e. The van der Waals surface area contributed by atoms with Crippen LogP contribution in [0.4, 0.5) is 16.2 Å². The minimum absolute atomic E-state index is 0.254. The lowest BCUT2D eigenvalue weighted by molar-refractivity contribution is 0.0829. The molecule has 1 N–H and O–H groups in total. The molecule has 2 atom stereocenters. The zero-order valence-electron chi connectivity index (χ0n) is 18.6. The zero-order chi connectivity index (χ0) is 22.7. The molecule has 0 aromatic heterocycles. The highest BCUT2D eigenvalue weighted by molar-refractivity contribution is 5.91. The molecule has 0 bridgehead atoms. The van der Waals surface area contributed by atoms with Gasteiger partial charge in [-0.25, -0.2) is 4.79 Å². The van der Waals surface area contributed by atoms with Crippen LogP contribution in [-0.4, -0.2) is 45.1 Å². The molecule has 0 aliphatic carbocycles. The Morgan fingerprint density at radius 1 is 0.938 bits per heavy atom. The molecule has 3 aromatic rings. The number of aliphatic hydroxyl groups is 1. The number of hydrogen-bond donors (Lipinski definition) is 1. The average Bonchev–Trinajstić information content (AvgIpc) is 3.14. The zero-order valence-corrected chi connectivity index (χ0v) is 18.6. The van der Waals surface area contributed by atoms with Crippen molar-refractivity contribution in [2.75, 3.05) is 32.6 Å². The van der Waals surface area contributed by atoms with Crippen LogP contribution in [-0.2, 0) is 11.3 Å². The summed E-state index contributed by atoms with van der Waals surface area (Å²) < 4.78 is 12.0. The van der Waals surface area contributed by atoms with Gasteiger partial charge in [0.25, 0.3) is 0 Å². The van der Waals surface area contributed by atoms with Gasteiger partial charge in [0, 0.05) is 17.8 Å². The van der Waals surface area contributed by atoms with Crippen molar-refractivity contribution in [1.29, 1.82) is 0 Å². The molecule has 6 heteroatoms. The molecule has 1 fully saturated rings. The van der Waals surface area contributed by atoms with Gasteiger partial charge in [0.1, 0.15) is 24.1 Å².